The molecular weight excluding hydrogens is 230 g/mol. The molecule has 1 saturated carbocycles. The van der Waals surface area contributed by atoms with Crippen LogP contribution >= 0.6 is 0 Å². The molecule has 1 saturated heterocycles. The normalized spacial score (nSPS) is 33.1. The van der Waals surface area contributed by atoms with E-state index in [4.69, 9.17) is 5.73 Å². The Kier molecular flexibility index (Phi) is 4.22. The predicted octanol–water partition coefficient (Wildman–Crippen LogP) is 0.241. The third kappa shape index (κ3) is 2.83. The van der Waals surface area contributed by atoms with E-state index < -0.39 is 0 Å². The number of rotatable bonds is 2. The molecule has 1 aliphatic heterocycles. The van der Waals surface area contributed by atoms with Gasteiger partial charge in [-0.1, -0.05) is 12.8 Å². The molecule has 3 unspecified atom stereocenters. The molecule has 3 atom stereocenters. The number of carbonyl (C=O) groups excluding carboxylic acids is 2. The zero-order chi connectivity index (χ0) is 13.1. The number of nitrogens with two attached hydrogens (primary N) is 1. The van der Waals surface area contributed by atoms with E-state index in [1.165, 1.54) is 12.8 Å². The molecule has 0 aromatic heterocycles. The molecule has 1 aliphatic carbocycles. The molecule has 5 heteroatoms. The van der Waals surface area contributed by atoms with Gasteiger partial charge in [0, 0.05) is 25.6 Å². The van der Waals surface area contributed by atoms with Crippen molar-refractivity contribution in [2.24, 2.45) is 11.7 Å². The highest BCUT2D eigenvalue weighted by Crippen LogP contribution is 2.26. The summed E-state index contributed by atoms with van der Waals surface area (Å²) < 4.78 is 0. The van der Waals surface area contributed by atoms with Gasteiger partial charge in [-0.2, -0.15) is 0 Å². The Hall–Kier alpha value is -1.10. The van der Waals surface area contributed by atoms with Crippen LogP contribution in [0.15, 0.2) is 0 Å². The summed E-state index contributed by atoms with van der Waals surface area (Å²) in [5, 5.41) is 2.77. The largest absolute Gasteiger partial charge is 0.353 e. The fourth-order valence-corrected chi connectivity index (χ4v) is 2.95. The van der Waals surface area contributed by atoms with Gasteiger partial charge >= 0.3 is 0 Å². The summed E-state index contributed by atoms with van der Waals surface area (Å²) in [6, 6.07) is -0.192. The molecule has 0 aromatic carbocycles. The first-order valence-corrected chi connectivity index (χ1v) is 6.92. The monoisotopic (exact) mass is 253 g/mol. The first kappa shape index (κ1) is 13.3. The van der Waals surface area contributed by atoms with Crippen molar-refractivity contribution in [2.75, 3.05) is 13.1 Å². The van der Waals surface area contributed by atoms with E-state index in [0.717, 1.165) is 12.8 Å². The molecule has 0 aromatic rings. The fourth-order valence-electron chi connectivity index (χ4n) is 2.95. The summed E-state index contributed by atoms with van der Waals surface area (Å²) in [4.78, 5) is 25.5. The van der Waals surface area contributed by atoms with Crippen molar-refractivity contribution >= 4 is 11.8 Å². The first-order chi connectivity index (χ1) is 8.59. The lowest BCUT2D eigenvalue weighted by molar-refractivity contribution is -0.143. The first-order valence-electron chi connectivity index (χ1n) is 6.92. The lowest BCUT2D eigenvalue weighted by Gasteiger charge is -2.35. The predicted molar refractivity (Wildman–Crippen MR) is 68.7 cm³/mol. The number of piperazine rings is 1. The van der Waals surface area contributed by atoms with Crippen molar-refractivity contribution in [3.05, 3.63) is 0 Å². The van der Waals surface area contributed by atoms with Crippen LogP contribution in [0.5, 0.6) is 0 Å². The minimum atomic E-state index is -0.342. The number of nitrogens with one attached hydrogen (secondary N) is 1. The minimum Gasteiger partial charge on any atom is -0.353 e. The summed E-state index contributed by atoms with van der Waals surface area (Å²) in [6.45, 7) is 2.96. The molecule has 18 heavy (non-hydrogen) atoms. The van der Waals surface area contributed by atoms with Gasteiger partial charge in [-0.05, 0) is 25.7 Å². The van der Waals surface area contributed by atoms with Crippen molar-refractivity contribution in [3.63, 3.8) is 0 Å². The summed E-state index contributed by atoms with van der Waals surface area (Å²) in [5.74, 6) is 0.325. The van der Waals surface area contributed by atoms with E-state index >= 15 is 0 Å². The maximum Gasteiger partial charge on any atom is 0.242 e. The second kappa shape index (κ2) is 5.69. The minimum absolute atomic E-state index is 0.0532. The second-order valence-corrected chi connectivity index (χ2v) is 5.47. The summed E-state index contributed by atoms with van der Waals surface area (Å²) in [5.41, 5.74) is 6.07. The highest BCUT2D eigenvalue weighted by Gasteiger charge is 2.32. The molecule has 5 nitrogen and oxygen atoms in total. The zero-order valence-electron chi connectivity index (χ0n) is 11.0. The molecule has 0 spiro atoms. The van der Waals surface area contributed by atoms with E-state index in [1.807, 2.05) is 0 Å². The van der Waals surface area contributed by atoms with Crippen LogP contribution in [0.25, 0.3) is 0 Å². The molecule has 1 heterocycles. The van der Waals surface area contributed by atoms with Crippen LogP contribution < -0.4 is 11.1 Å². The SMILES string of the molecule is CC1C(=O)NCCN1C(=O)CC1CCCCC1N. The third-order valence-electron chi connectivity index (χ3n) is 4.22. The average Bonchev–Trinajstić information content (AvgIpc) is 2.35. The van der Waals surface area contributed by atoms with E-state index in [9.17, 15) is 9.59 Å². The summed E-state index contributed by atoms with van der Waals surface area (Å²) >= 11 is 0. The zero-order valence-corrected chi connectivity index (χ0v) is 11.0. The van der Waals surface area contributed by atoms with Crippen LogP contribution in [0.3, 0.4) is 0 Å². The topological polar surface area (TPSA) is 75.4 Å². The van der Waals surface area contributed by atoms with Crippen LogP contribution in [-0.2, 0) is 9.59 Å². The van der Waals surface area contributed by atoms with Gasteiger partial charge in [0.15, 0.2) is 0 Å². The fraction of sp³-hybridized carbons (Fsp3) is 0.846. The average molecular weight is 253 g/mol. The van der Waals surface area contributed by atoms with Crippen molar-refractivity contribution in [2.45, 2.75) is 51.1 Å². The number of hydrogen-bond donors (Lipinski definition) is 2. The Morgan fingerprint density at radius 1 is 1.44 bits per heavy atom. The Labute approximate surface area is 108 Å². The highest BCUT2D eigenvalue weighted by atomic mass is 16.2. The quantitative estimate of drug-likeness (QED) is 0.740. The van der Waals surface area contributed by atoms with Gasteiger partial charge in [0.2, 0.25) is 11.8 Å². The van der Waals surface area contributed by atoms with E-state index in [1.54, 1.807) is 11.8 Å². The molecular formula is C13H23N3O2. The number of carbonyl (C=O) groups is 2. The van der Waals surface area contributed by atoms with Crippen LogP contribution in [-0.4, -0.2) is 41.9 Å². The van der Waals surface area contributed by atoms with E-state index in [-0.39, 0.29) is 23.9 Å². The molecule has 2 rings (SSSR count). The Morgan fingerprint density at radius 3 is 2.89 bits per heavy atom. The van der Waals surface area contributed by atoms with Crippen LogP contribution in [0.1, 0.15) is 39.0 Å². The Balaban J connectivity index is 1.92. The second-order valence-electron chi connectivity index (χ2n) is 5.47. The molecule has 2 amide bonds. The molecule has 2 aliphatic rings. The number of nitrogens with zero attached hydrogens (tertiary/aromatic N) is 1. The van der Waals surface area contributed by atoms with Gasteiger partial charge in [0.05, 0.1) is 0 Å². The van der Waals surface area contributed by atoms with Gasteiger partial charge in [-0.3, -0.25) is 9.59 Å². The van der Waals surface area contributed by atoms with Crippen molar-refractivity contribution in [1.82, 2.24) is 10.2 Å². The van der Waals surface area contributed by atoms with Gasteiger partial charge in [-0.25, -0.2) is 0 Å². The number of hydrogen-bond acceptors (Lipinski definition) is 3. The maximum atomic E-state index is 12.3. The van der Waals surface area contributed by atoms with Gasteiger partial charge < -0.3 is 16.0 Å². The van der Waals surface area contributed by atoms with Crippen molar-refractivity contribution in [1.29, 1.82) is 0 Å². The third-order valence-corrected chi connectivity index (χ3v) is 4.22. The van der Waals surface area contributed by atoms with Crippen molar-refractivity contribution in [3.8, 4) is 0 Å². The van der Waals surface area contributed by atoms with Gasteiger partial charge in [-0.15, -0.1) is 0 Å². The molecule has 102 valence electrons. The van der Waals surface area contributed by atoms with Crippen LogP contribution in [0.2, 0.25) is 0 Å². The molecule has 0 bridgehead atoms. The van der Waals surface area contributed by atoms with E-state index in [0.29, 0.717) is 25.4 Å². The Bertz CT molecular complexity index is 332. The van der Waals surface area contributed by atoms with Gasteiger partial charge in [0.1, 0.15) is 6.04 Å². The van der Waals surface area contributed by atoms with E-state index in [2.05, 4.69) is 5.32 Å². The molecule has 0 radical (unpaired) electrons. The summed E-state index contributed by atoms with van der Waals surface area (Å²) in [7, 11) is 0. The molecule has 2 fully saturated rings. The number of amides is 2. The smallest absolute Gasteiger partial charge is 0.242 e. The van der Waals surface area contributed by atoms with Crippen molar-refractivity contribution < 1.29 is 9.59 Å². The molecule has 3 N–H and O–H groups in total. The standard InChI is InChI=1S/C13H23N3O2/c1-9-13(18)15-6-7-16(9)12(17)8-10-4-2-3-5-11(10)14/h9-11H,2-8,14H2,1H3,(H,15,18). The maximum absolute atomic E-state index is 12.3. The lowest BCUT2D eigenvalue weighted by atomic mass is 9.82. The summed E-state index contributed by atoms with van der Waals surface area (Å²) in [6.07, 6.45) is 4.91. The Morgan fingerprint density at radius 2 is 2.17 bits per heavy atom. The highest BCUT2D eigenvalue weighted by molar-refractivity contribution is 5.88. The van der Waals surface area contributed by atoms with Crippen LogP contribution in [0.4, 0.5) is 0 Å². The van der Waals surface area contributed by atoms with Crippen LogP contribution in [0, 0.1) is 5.92 Å². The van der Waals surface area contributed by atoms with Gasteiger partial charge in [0.25, 0.3) is 0 Å². The lowest BCUT2D eigenvalue weighted by Crippen LogP contribution is -2.56.